The molecule has 9 nitrogen and oxygen atoms in total. The van der Waals surface area contributed by atoms with E-state index in [0.717, 1.165) is 63.5 Å². The third-order valence-corrected chi connectivity index (χ3v) is 7.24. The SMILES string of the molecule is COCCN1CCN(CCNc2cc3ncc(C#N)c(Nc4cc(OC)c(Cl)cc4Cl)c3cc2OC)CC1. The van der Waals surface area contributed by atoms with Crippen molar-refractivity contribution in [2.45, 2.75) is 0 Å². The maximum Gasteiger partial charge on any atom is 0.142 e. The molecule has 2 N–H and O–H groups in total. The first-order chi connectivity index (χ1) is 18.5. The van der Waals surface area contributed by atoms with Crippen molar-refractivity contribution in [3.05, 3.63) is 46.1 Å². The molecule has 2 heterocycles. The monoisotopic (exact) mass is 558 g/mol. The Morgan fingerprint density at radius 1 is 0.921 bits per heavy atom. The fraction of sp³-hybridized carbons (Fsp3) is 0.407. The molecule has 0 unspecified atom stereocenters. The average molecular weight is 559 g/mol. The number of benzene rings is 2. The third kappa shape index (κ3) is 6.52. The number of pyridine rings is 1. The van der Waals surface area contributed by atoms with Gasteiger partial charge in [0.1, 0.15) is 17.6 Å². The summed E-state index contributed by atoms with van der Waals surface area (Å²) in [5, 5.41) is 18.1. The smallest absolute Gasteiger partial charge is 0.142 e. The minimum Gasteiger partial charge on any atom is -0.495 e. The van der Waals surface area contributed by atoms with Gasteiger partial charge in [-0.1, -0.05) is 23.2 Å². The number of methoxy groups -OCH3 is 3. The Bertz CT molecular complexity index is 1310. The summed E-state index contributed by atoms with van der Waals surface area (Å²) in [5.41, 5.74) is 3.04. The number of nitrogens with one attached hydrogen (secondary N) is 2. The van der Waals surface area contributed by atoms with Gasteiger partial charge in [0.25, 0.3) is 0 Å². The summed E-state index contributed by atoms with van der Waals surface area (Å²) in [7, 11) is 4.90. The van der Waals surface area contributed by atoms with Crippen LogP contribution in [0, 0.1) is 11.3 Å². The summed E-state index contributed by atoms with van der Waals surface area (Å²) in [6, 6.07) is 9.32. The number of halogens is 2. The maximum absolute atomic E-state index is 9.78. The predicted octanol–water partition coefficient (Wildman–Crippen LogP) is 4.85. The standard InChI is InChI=1S/C27H32Cl2N6O3/c1-36-11-10-35-8-6-34(7-9-35)5-4-31-24-14-22-19(12-26(24)38-3)27(18(16-30)17-32-22)33-23-15-25(37-2)21(29)13-20(23)28/h12-15,17,31H,4-11H2,1-3H3,(H,32,33). The third-order valence-electron chi connectivity index (χ3n) is 6.63. The Kier molecular flexibility index (Phi) is 9.72. The van der Waals surface area contributed by atoms with Crippen molar-refractivity contribution in [1.82, 2.24) is 14.8 Å². The molecule has 11 heteroatoms. The molecular formula is C27H32Cl2N6O3. The number of anilines is 3. The molecule has 0 saturated carbocycles. The highest BCUT2D eigenvalue weighted by Crippen LogP contribution is 2.39. The first-order valence-electron chi connectivity index (χ1n) is 12.4. The van der Waals surface area contributed by atoms with Gasteiger partial charge in [0.2, 0.25) is 0 Å². The number of piperazine rings is 1. The van der Waals surface area contributed by atoms with Gasteiger partial charge in [-0.05, 0) is 18.2 Å². The van der Waals surface area contributed by atoms with E-state index in [1.807, 2.05) is 12.1 Å². The predicted molar refractivity (Wildman–Crippen MR) is 153 cm³/mol. The van der Waals surface area contributed by atoms with E-state index in [1.165, 1.54) is 7.11 Å². The number of hydrogen-bond donors (Lipinski definition) is 2. The second-order valence-corrected chi connectivity index (χ2v) is 9.74. The maximum atomic E-state index is 9.78. The number of ether oxygens (including phenoxy) is 3. The van der Waals surface area contributed by atoms with Crippen LogP contribution in [0.15, 0.2) is 30.5 Å². The molecule has 1 saturated heterocycles. The molecule has 0 atom stereocenters. The van der Waals surface area contributed by atoms with Crippen molar-refractivity contribution < 1.29 is 14.2 Å². The van der Waals surface area contributed by atoms with E-state index in [1.54, 1.807) is 32.5 Å². The van der Waals surface area contributed by atoms with Gasteiger partial charge in [-0.25, -0.2) is 0 Å². The van der Waals surface area contributed by atoms with E-state index < -0.39 is 0 Å². The topological polar surface area (TPSA) is 94.9 Å². The van der Waals surface area contributed by atoms with Crippen molar-refractivity contribution in [3.8, 4) is 17.6 Å². The van der Waals surface area contributed by atoms with Crippen LogP contribution in [0.25, 0.3) is 10.9 Å². The van der Waals surface area contributed by atoms with E-state index in [9.17, 15) is 5.26 Å². The van der Waals surface area contributed by atoms with Crippen LogP contribution in [0.5, 0.6) is 11.5 Å². The molecular weight excluding hydrogens is 527 g/mol. The lowest BCUT2D eigenvalue weighted by Crippen LogP contribution is -2.48. The van der Waals surface area contributed by atoms with E-state index in [0.29, 0.717) is 44.0 Å². The van der Waals surface area contributed by atoms with Gasteiger partial charge in [0.15, 0.2) is 0 Å². The number of nitrogens with zero attached hydrogens (tertiary/aromatic N) is 4. The molecule has 2 aromatic carbocycles. The largest absolute Gasteiger partial charge is 0.495 e. The van der Waals surface area contributed by atoms with E-state index in [-0.39, 0.29) is 0 Å². The van der Waals surface area contributed by atoms with Crippen LogP contribution in [0.2, 0.25) is 10.0 Å². The summed E-state index contributed by atoms with van der Waals surface area (Å²) in [6.07, 6.45) is 1.55. The van der Waals surface area contributed by atoms with Crippen LogP contribution in [0.1, 0.15) is 5.56 Å². The van der Waals surface area contributed by atoms with Gasteiger partial charge < -0.3 is 24.8 Å². The van der Waals surface area contributed by atoms with Crippen molar-refractivity contribution in [2.75, 3.05) is 84.4 Å². The molecule has 0 radical (unpaired) electrons. The average Bonchev–Trinajstić information content (AvgIpc) is 2.93. The highest BCUT2D eigenvalue weighted by atomic mass is 35.5. The summed E-state index contributed by atoms with van der Waals surface area (Å²) in [5.74, 6) is 1.12. The highest BCUT2D eigenvalue weighted by Gasteiger charge is 2.18. The van der Waals surface area contributed by atoms with Crippen LogP contribution >= 0.6 is 23.2 Å². The minimum atomic E-state index is 0.370. The van der Waals surface area contributed by atoms with Crippen molar-refractivity contribution >= 4 is 51.2 Å². The number of nitriles is 1. The van der Waals surface area contributed by atoms with E-state index >= 15 is 0 Å². The first-order valence-corrected chi connectivity index (χ1v) is 13.1. The fourth-order valence-corrected chi connectivity index (χ4v) is 4.97. The van der Waals surface area contributed by atoms with Crippen LogP contribution in [0.3, 0.4) is 0 Å². The zero-order chi connectivity index (χ0) is 27.1. The molecule has 38 heavy (non-hydrogen) atoms. The fourth-order valence-electron chi connectivity index (χ4n) is 4.47. The second-order valence-electron chi connectivity index (χ2n) is 8.92. The lowest BCUT2D eigenvalue weighted by Gasteiger charge is -2.34. The quantitative estimate of drug-likeness (QED) is 0.342. The second kappa shape index (κ2) is 13.2. The van der Waals surface area contributed by atoms with Gasteiger partial charge >= 0.3 is 0 Å². The highest BCUT2D eigenvalue weighted by molar-refractivity contribution is 6.37. The van der Waals surface area contributed by atoms with Crippen LogP contribution in [0.4, 0.5) is 17.1 Å². The molecule has 0 spiro atoms. The zero-order valence-electron chi connectivity index (χ0n) is 21.8. The van der Waals surface area contributed by atoms with Crippen molar-refractivity contribution in [2.24, 2.45) is 0 Å². The summed E-state index contributed by atoms with van der Waals surface area (Å²) in [4.78, 5) is 9.41. The van der Waals surface area contributed by atoms with Crippen LogP contribution < -0.4 is 20.1 Å². The van der Waals surface area contributed by atoms with Gasteiger partial charge in [-0.2, -0.15) is 5.26 Å². The molecule has 3 aromatic rings. The van der Waals surface area contributed by atoms with Crippen LogP contribution in [-0.2, 0) is 4.74 Å². The summed E-state index contributed by atoms with van der Waals surface area (Å²) >= 11 is 12.6. The van der Waals surface area contributed by atoms with E-state index in [2.05, 4.69) is 31.5 Å². The van der Waals surface area contributed by atoms with Gasteiger partial charge in [0, 0.05) is 70.6 Å². The normalized spacial score (nSPS) is 14.3. The molecule has 0 amide bonds. The molecule has 0 aliphatic carbocycles. The number of rotatable bonds is 11. The Labute approximate surface area is 233 Å². The zero-order valence-corrected chi connectivity index (χ0v) is 23.3. The number of hydrogen-bond acceptors (Lipinski definition) is 9. The lowest BCUT2D eigenvalue weighted by atomic mass is 10.1. The first kappa shape index (κ1) is 28.0. The van der Waals surface area contributed by atoms with Gasteiger partial charge in [-0.3, -0.25) is 14.8 Å². The number of fused-ring (bicyclic) bond motifs is 1. The molecule has 0 bridgehead atoms. The Balaban J connectivity index is 1.52. The molecule has 4 rings (SSSR count). The molecule has 1 aliphatic heterocycles. The Morgan fingerprint density at radius 3 is 2.29 bits per heavy atom. The van der Waals surface area contributed by atoms with Crippen LogP contribution in [-0.4, -0.2) is 88.5 Å². The molecule has 1 aromatic heterocycles. The van der Waals surface area contributed by atoms with Crippen molar-refractivity contribution in [3.63, 3.8) is 0 Å². The van der Waals surface area contributed by atoms with E-state index in [4.69, 9.17) is 37.4 Å². The Morgan fingerprint density at radius 2 is 1.63 bits per heavy atom. The van der Waals surface area contributed by atoms with Gasteiger partial charge in [0.05, 0.1) is 59.0 Å². The molecule has 1 fully saturated rings. The molecule has 1 aliphatic rings. The van der Waals surface area contributed by atoms with Crippen molar-refractivity contribution in [1.29, 1.82) is 5.26 Å². The number of aromatic nitrogens is 1. The summed E-state index contributed by atoms with van der Waals surface area (Å²) < 4.78 is 16.2. The molecule has 202 valence electrons. The Hall–Kier alpha value is -3.00. The minimum absolute atomic E-state index is 0.370. The lowest BCUT2D eigenvalue weighted by molar-refractivity contribution is 0.0989. The van der Waals surface area contributed by atoms with Gasteiger partial charge in [-0.15, -0.1) is 0 Å². The summed E-state index contributed by atoms with van der Waals surface area (Å²) in [6.45, 7) is 7.60.